The zero-order chi connectivity index (χ0) is 14.5. The molecule has 1 aliphatic carbocycles. The van der Waals surface area contributed by atoms with Gasteiger partial charge in [-0.1, -0.05) is 18.9 Å². The maximum atomic E-state index is 12.3. The number of hydrogen-bond acceptors (Lipinski definition) is 3. The number of nitrogens with one attached hydrogen (secondary N) is 1. The fourth-order valence-electron chi connectivity index (χ4n) is 2.78. The number of carboxylic acid groups (broad SMARTS) is 1. The van der Waals surface area contributed by atoms with E-state index in [9.17, 15) is 14.7 Å². The highest BCUT2D eigenvalue weighted by Crippen LogP contribution is 2.31. The molecule has 20 heavy (non-hydrogen) atoms. The first-order valence-corrected chi connectivity index (χ1v) is 7.02. The van der Waals surface area contributed by atoms with E-state index in [0.717, 1.165) is 18.4 Å². The number of hydrogen-bond donors (Lipinski definition) is 2. The molecular weight excluding hydrogens is 256 g/mol. The van der Waals surface area contributed by atoms with E-state index >= 15 is 0 Å². The van der Waals surface area contributed by atoms with Gasteiger partial charge >= 0.3 is 5.97 Å². The maximum absolute atomic E-state index is 12.3. The fraction of sp³-hybridized carbons (Fsp3) is 0.533. The molecular formula is C15H20N2O3. The Morgan fingerprint density at radius 2 is 2.05 bits per heavy atom. The summed E-state index contributed by atoms with van der Waals surface area (Å²) in [5, 5.41) is 12.1. The summed E-state index contributed by atoms with van der Waals surface area (Å²) in [5.41, 5.74) is 0.920. The van der Waals surface area contributed by atoms with E-state index in [0.29, 0.717) is 12.8 Å². The van der Waals surface area contributed by atoms with Crippen molar-refractivity contribution in [2.75, 3.05) is 0 Å². The molecule has 0 aliphatic heterocycles. The number of amides is 1. The third kappa shape index (κ3) is 3.35. The molecule has 1 aromatic rings. The van der Waals surface area contributed by atoms with Gasteiger partial charge in [0.05, 0.1) is 17.9 Å². The highest BCUT2D eigenvalue weighted by Gasteiger charge is 2.36. The summed E-state index contributed by atoms with van der Waals surface area (Å²) >= 11 is 0. The molecule has 1 heterocycles. The number of pyridine rings is 1. The molecule has 108 valence electrons. The van der Waals surface area contributed by atoms with Gasteiger partial charge in [0.2, 0.25) is 5.91 Å². The summed E-state index contributed by atoms with van der Waals surface area (Å²) in [4.78, 5) is 27.6. The molecule has 3 atom stereocenters. The van der Waals surface area contributed by atoms with Gasteiger partial charge in [-0.25, -0.2) is 0 Å². The van der Waals surface area contributed by atoms with Crippen LogP contribution in [0.2, 0.25) is 0 Å². The molecule has 0 aromatic carbocycles. The predicted octanol–water partition coefficient (Wildman–Crippen LogP) is 2.15. The number of rotatable bonds is 4. The maximum Gasteiger partial charge on any atom is 0.307 e. The van der Waals surface area contributed by atoms with Gasteiger partial charge in [0, 0.05) is 12.4 Å². The number of aliphatic carboxylic acids is 1. The van der Waals surface area contributed by atoms with Crippen LogP contribution in [0.15, 0.2) is 24.5 Å². The minimum atomic E-state index is -0.862. The SMILES string of the molecule is C[C@@H](NC(=O)C1CCCCC1C(=O)O)c1cccnc1. The van der Waals surface area contributed by atoms with Gasteiger partial charge in [-0.05, 0) is 31.4 Å². The average molecular weight is 276 g/mol. The highest BCUT2D eigenvalue weighted by atomic mass is 16.4. The topological polar surface area (TPSA) is 79.3 Å². The van der Waals surface area contributed by atoms with Gasteiger partial charge in [-0.15, -0.1) is 0 Å². The first-order valence-electron chi connectivity index (χ1n) is 7.02. The Bertz CT molecular complexity index is 475. The van der Waals surface area contributed by atoms with Crippen LogP contribution in [-0.4, -0.2) is 22.0 Å². The quantitative estimate of drug-likeness (QED) is 0.883. The Labute approximate surface area is 118 Å². The van der Waals surface area contributed by atoms with Gasteiger partial charge in [0.15, 0.2) is 0 Å². The molecule has 1 fully saturated rings. The van der Waals surface area contributed by atoms with Gasteiger partial charge in [0.1, 0.15) is 0 Å². The number of aromatic nitrogens is 1. The van der Waals surface area contributed by atoms with Gasteiger partial charge in [0.25, 0.3) is 0 Å². The van der Waals surface area contributed by atoms with E-state index in [1.54, 1.807) is 12.4 Å². The highest BCUT2D eigenvalue weighted by molar-refractivity contribution is 5.85. The van der Waals surface area contributed by atoms with Crippen molar-refractivity contribution in [3.05, 3.63) is 30.1 Å². The molecule has 1 aromatic heterocycles. The van der Waals surface area contributed by atoms with E-state index < -0.39 is 17.8 Å². The molecule has 1 aliphatic rings. The summed E-state index contributed by atoms with van der Waals surface area (Å²) < 4.78 is 0. The summed E-state index contributed by atoms with van der Waals surface area (Å²) in [5.74, 6) is -1.99. The molecule has 5 nitrogen and oxygen atoms in total. The van der Waals surface area contributed by atoms with E-state index in [4.69, 9.17) is 0 Å². The monoisotopic (exact) mass is 276 g/mol. The smallest absolute Gasteiger partial charge is 0.307 e. The third-order valence-electron chi connectivity index (χ3n) is 3.96. The van der Waals surface area contributed by atoms with Crippen LogP contribution >= 0.6 is 0 Å². The fourth-order valence-corrected chi connectivity index (χ4v) is 2.78. The number of carbonyl (C=O) groups is 2. The second-order valence-electron chi connectivity index (χ2n) is 5.35. The van der Waals surface area contributed by atoms with Crippen LogP contribution < -0.4 is 5.32 Å². The van der Waals surface area contributed by atoms with Crippen LogP contribution in [0, 0.1) is 11.8 Å². The van der Waals surface area contributed by atoms with Crippen LogP contribution in [0.3, 0.4) is 0 Å². The Hall–Kier alpha value is -1.91. The lowest BCUT2D eigenvalue weighted by Gasteiger charge is -2.28. The van der Waals surface area contributed by atoms with E-state index in [1.165, 1.54) is 0 Å². The van der Waals surface area contributed by atoms with Crippen LogP contribution in [0.4, 0.5) is 0 Å². The summed E-state index contributed by atoms with van der Waals surface area (Å²) in [6.45, 7) is 1.88. The Morgan fingerprint density at radius 1 is 1.35 bits per heavy atom. The molecule has 0 spiro atoms. The summed E-state index contributed by atoms with van der Waals surface area (Å²) in [6.07, 6.45) is 6.44. The van der Waals surface area contributed by atoms with Crippen molar-refractivity contribution in [2.45, 2.75) is 38.6 Å². The Kier molecular flexibility index (Phi) is 4.71. The van der Waals surface area contributed by atoms with Crippen LogP contribution in [0.1, 0.15) is 44.2 Å². The normalized spacial score (nSPS) is 23.9. The van der Waals surface area contributed by atoms with Gasteiger partial charge in [-0.3, -0.25) is 14.6 Å². The molecule has 0 bridgehead atoms. The van der Waals surface area contributed by atoms with Crippen molar-refractivity contribution in [2.24, 2.45) is 11.8 Å². The van der Waals surface area contributed by atoms with Crippen LogP contribution in [0.25, 0.3) is 0 Å². The van der Waals surface area contributed by atoms with Crippen molar-refractivity contribution in [1.82, 2.24) is 10.3 Å². The van der Waals surface area contributed by atoms with E-state index in [2.05, 4.69) is 10.3 Å². The number of nitrogens with zero attached hydrogens (tertiary/aromatic N) is 1. The number of carbonyl (C=O) groups excluding carboxylic acids is 1. The molecule has 2 unspecified atom stereocenters. The zero-order valence-electron chi connectivity index (χ0n) is 11.6. The summed E-state index contributed by atoms with van der Waals surface area (Å²) in [7, 11) is 0. The molecule has 5 heteroatoms. The van der Waals surface area contributed by atoms with Crippen LogP contribution in [0.5, 0.6) is 0 Å². The molecule has 0 radical (unpaired) electrons. The van der Waals surface area contributed by atoms with Crippen molar-refractivity contribution < 1.29 is 14.7 Å². The molecule has 2 rings (SSSR count). The lowest BCUT2D eigenvalue weighted by atomic mass is 9.78. The van der Waals surface area contributed by atoms with Gasteiger partial charge in [-0.2, -0.15) is 0 Å². The Morgan fingerprint density at radius 3 is 2.65 bits per heavy atom. The first-order chi connectivity index (χ1) is 9.59. The largest absolute Gasteiger partial charge is 0.481 e. The van der Waals surface area contributed by atoms with Crippen molar-refractivity contribution >= 4 is 11.9 Å². The van der Waals surface area contributed by atoms with Crippen molar-refractivity contribution in [3.63, 3.8) is 0 Å². The van der Waals surface area contributed by atoms with Crippen LogP contribution in [-0.2, 0) is 9.59 Å². The minimum Gasteiger partial charge on any atom is -0.481 e. The second-order valence-corrected chi connectivity index (χ2v) is 5.35. The second kappa shape index (κ2) is 6.50. The summed E-state index contributed by atoms with van der Waals surface area (Å²) in [6, 6.07) is 3.55. The molecule has 1 saturated carbocycles. The van der Waals surface area contributed by atoms with E-state index in [1.807, 2.05) is 19.1 Å². The lowest BCUT2D eigenvalue weighted by Crippen LogP contribution is -2.40. The first kappa shape index (κ1) is 14.5. The molecule has 0 saturated heterocycles. The zero-order valence-corrected chi connectivity index (χ0v) is 11.6. The van der Waals surface area contributed by atoms with Crippen molar-refractivity contribution in [1.29, 1.82) is 0 Å². The molecule has 2 N–H and O–H groups in total. The number of carboxylic acids is 1. The van der Waals surface area contributed by atoms with Gasteiger partial charge < -0.3 is 10.4 Å². The lowest BCUT2D eigenvalue weighted by molar-refractivity contribution is -0.149. The molecule has 1 amide bonds. The Balaban J connectivity index is 2.01. The minimum absolute atomic E-state index is 0.159. The van der Waals surface area contributed by atoms with E-state index in [-0.39, 0.29) is 11.9 Å². The standard InChI is InChI=1S/C15H20N2O3/c1-10(11-5-4-8-16-9-11)17-14(18)12-6-2-3-7-13(12)15(19)20/h4-5,8-10,12-13H,2-3,6-7H2,1H3,(H,17,18)(H,19,20)/t10-,12?,13?/m1/s1. The third-order valence-corrected chi connectivity index (χ3v) is 3.96. The average Bonchev–Trinajstić information content (AvgIpc) is 2.48. The van der Waals surface area contributed by atoms with Crippen molar-refractivity contribution in [3.8, 4) is 0 Å². The predicted molar refractivity (Wildman–Crippen MR) is 73.9 cm³/mol.